The van der Waals surface area contributed by atoms with Crippen LogP contribution in [0, 0.1) is 0 Å². The molecular formula is C14H20N2O3. The molecule has 0 bridgehead atoms. The molecule has 1 aliphatic heterocycles. The molecule has 0 atom stereocenters. The minimum absolute atomic E-state index is 0.381. The topological polar surface area (TPSA) is 51.7 Å². The van der Waals surface area contributed by atoms with Crippen molar-refractivity contribution in [3.63, 3.8) is 0 Å². The van der Waals surface area contributed by atoms with Crippen molar-refractivity contribution in [1.29, 1.82) is 0 Å². The van der Waals surface area contributed by atoms with Gasteiger partial charge in [-0.1, -0.05) is 6.92 Å². The van der Waals surface area contributed by atoms with Crippen molar-refractivity contribution in [2.24, 2.45) is 0 Å². The summed E-state index contributed by atoms with van der Waals surface area (Å²) in [6.07, 6.45) is 2.27. The molecule has 0 fully saturated rings. The number of nitrogens with zero attached hydrogens (tertiary/aromatic N) is 2. The smallest absolute Gasteiger partial charge is 0.416 e. The van der Waals surface area contributed by atoms with Gasteiger partial charge in [-0.15, -0.1) is 0 Å². The number of carbonyl (C=O) groups is 1. The van der Waals surface area contributed by atoms with Gasteiger partial charge in [-0.05, 0) is 38.8 Å². The van der Waals surface area contributed by atoms with Crippen LogP contribution in [-0.4, -0.2) is 29.8 Å². The molecule has 0 aromatic carbocycles. The lowest BCUT2D eigenvalue weighted by atomic mass is 10.2. The normalized spacial score (nSPS) is 14.6. The Kier molecular flexibility index (Phi) is 3.64. The molecule has 1 aromatic rings. The average Bonchev–Trinajstić information content (AvgIpc) is 2.35. The minimum atomic E-state index is -0.515. The van der Waals surface area contributed by atoms with Crippen molar-refractivity contribution in [2.75, 3.05) is 18.1 Å². The van der Waals surface area contributed by atoms with Crippen LogP contribution in [0.15, 0.2) is 12.3 Å². The summed E-state index contributed by atoms with van der Waals surface area (Å²) < 4.78 is 10.9. The molecule has 0 unspecified atom stereocenters. The van der Waals surface area contributed by atoms with Crippen LogP contribution >= 0.6 is 0 Å². The zero-order valence-corrected chi connectivity index (χ0v) is 11.9. The van der Waals surface area contributed by atoms with Gasteiger partial charge in [0, 0.05) is 6.20 Å². The minimum Gasteiger partial charge on any atom is -0.488 e. The van der Waals surface area contributed by atoms with Crippen molar-refractivity contribution in [3.8, 4) is 5.75 Å². The van der Waals surface area contributed by atoms with Gasteiger partial charge in [0.05, 0.1) is 6.54 Å². The maximum atomic E-state index is 12.1. The largest absolute Gasteiger partial charge is 0.488 e. The quantitative estimate of drug-likeness (QED) is 0.782. The summed E-state index contributed by atoms with van der Waals surface area (Å²) in [4.78, 5) is 18.0. The van der Waals surface area contributed by atoms with Crippen molar-refractivity contribution >= 4 is 11.9 Å². The third-order valence-corrected chi connectivity index (χ3v) is 2.74. The molecule has 0 aliphatic carbocycles. The summed E-state index contributed by atoms with van der Waals surface area (Å²) in [6, 6.07) is 1.93. The number of hydrogen-bond acceptors (Lipinski definition) is 4. The number of fused-ring (bicyclic) bond motifs is 1. The Morgan fingerprint density at radius 2 is 2.26 bits per heavy atom. The van der Waals surface area contributed by atoms with Gasteiger partial charge < -0.3 is 9.47 Å². The Morgan fingerprint density at radius 3 is 2.89 bits per heavy atom. The van der Waals surface area contributed by atoms with E-state index < -0.39 is 5.60 Å². The van der Waals surface area contributed by atoms with E-state index >= 15 is 0 Å². The second-order valence-electron chi connectivity index (χ2n) is 5.50. The van der Waals surface area contributed by atoms with Crippen molar-refractivity contribution in [3.05, 3.63) is 17.8 Å². The Labute approximate surface area is 113 Å². The number of hydrogen-bond donors (Lipinski definition) is 0. The number of rotatable bonds is 1. The molecule has 0 spiro atoms. The highest BCUT2D eigenvalue weighted by atomic mass is 16.6. The summed E-state index contributed by atoms with van der Waals surface area (Å²) in [5.41, 5.74) is 0.573. The van der Waals surface area contributed by atoms with E-state index in [1.165, 1.54) is 4.90 Å². The summed E-state index contributed by atoms with van der Waals surface area (Å²) in [7, 11) is 0. The van der Waals surface area contributed by atoms with Gasteiger partial charge >= 0.3 is 6.09 Å². The number of anilines is 1. The first kappa shape index (κ1) is 13.6. The summed E-state index contributed by atoms with van der Waals surface area (Å²) in [5.74, 6) is 1.19. The Bertz CT molecular complexity index is 480. The molecule has 5 nitrogen and oxygen atoms in total. The number of pyridine rings is 1. The average molecular weight is 264 g/mol. The fourth-order valence-electron chi connectivity index (χ4n) is 1.83. The van der Waals surface area contributed by atoms with Crippen LogP contribution < -0.4 is 9.64 Å². The van der Waals surface area contributed by atoms with E-state index in [1.807, 2.05) is 26.8 Å². The maximum absolute atomic E-state index is 12.1. The standard InChI is InChI=1S/C14H20N2O3/c1-5-10-8-11-12(15-9-10)16(6-7-18-11)13(17)19-14(2,3)4/h8-9H,5-7H2,1-4H3. The first-order chi connectivity index (χ1) is 8.90. The Morgan fingerprint density at radius 1 is 1.53 bits per heavy atom. The van der Waals surface area contributed by atoms with Crippen LogP contribution in [0.4, 0.5) is 10.6 Å². The number of carbonyl (C=O) groups excluding carboxylic acids is 1. The fourth-order valence-corrected chi connectivity index (χ4v) is 1.83. The van der Waals surface area contributed by atoms with Crippen molar-refractivity contribution < 1.29 is 14.3 Å². The van der Waals surface area contributed by atoms with E-state index in [0.29, 0.717) is 24.7 Å². The van der Waals surface area contributed by atoms with Crippen LogP contribution in [0.1, 0.15) is 33.3 Å². The monoisotopic (exact) mass is 264 g/mol. The molecule has 0 N–H and O–H groups in total. The van der Waals surface area contributed by atoms with Crippen LogP contribution in [0.25, 0.3) is 0 Å². The van der Waals surface area contributed by atoms with E-state index in [1.54, 1.807) is 6.20 Å². The zero-order chi connectivity index (χ0) is 14.0. The van der Waals surface area contributed by atoms with Crippen LogP contribution in [0.3, 0.4) is 0 Å². The van der Waals surface area contributed by atoms with Crippen LogP contribution in [0.2, 0.25) is 0 Å². The molecule has 5 heteroatoms. The molecule has 0 saturated carbocycles. The van der Waals surface area contributed by atoms with Gasteiger partial charge in [0.15, 0.2) is 11.6 Å². The second-order valence-corrected chi connectivity index (χ2v) is 5.50. The Balaban J connectivity index is 2.25. The second kappa shape index (κ2) is 5.07. The molecule has 1 amide bonds. The molecule has 1 aromatic heterocycles. The number of aryl methyl sites for hydroxylation is 1. The third-order valence-electron chi connectivity index (χ3n) is 2.74. The summed E-state index contributed by atoms with van der Waals surface area (Å²) in [5, 5.41) is 0. The van der Waals surface area contributed by atoms with E-state index in [0.717, 1.165) is 12.0 Å². The van der Waals surface area contributed by atoms with Gasteiger partial charge in [0.25, 0.3) is 0 Å². The number of aromatic nitrogens is 1. The molecule has 2 rings (SSSR count). The lowest BCUT2D eigenvalue weighted by Crippen LogP contribution is -2.42. The van der Waals surface area contributed by atoms with E-state index in [9.17, 15) is 4.79 Å². The molecule has 19 heavy (non-hydrogen) atoms. The predicted octanol–water partition coefficient (Wildman–Crippen LogP) is 2.78. The highest BCUT2D eigenvalue weighted by Gasteiger charge is 2.29. The Hall–Kier alpha value is -1.78. The van der Waals surface area contributed by atoms with E-state index in [2.05, 4.69) is 11.9 Å². The van der Waals surface area contributed by atoms with Gasteiger partial charge in [-0.2, -0.15) is 0 Å². The lowest BCUT2D eigenvalue weighted by molar-refractivity contribution is 0.0566. The number of ether oxygens (including phenoxy) is 2. The van der Waals surface area contributed by atoms with Gasteiger partial charge in [-0.25, -0.2) is 9.78 Å². The van der Waals surface area contributed by atoms with E-state index in [4.69, 9.17) is 9.47 Å². The number of amides is 1. The van der Waals surface area contributed by atoms with Crippen LogP contribution in [0.5, 0.6) is 5.75 Å². The maximum Gasteiger partial charge on any atom is 0.416 e. The van der Waals surface area contributed by atoms with Gasteiger partial charge in [0.1, 0.15) is 12.2 Å². The zero-order valence-electron chi connectivity index (χ0n) is 11.9. The highest BCUT2D eigenvalue weighted by molar-refractivity contribution is 5.88. The molecule has 0 saturated heterocycles. The highest BCUT2D eigenvalue weighted by Crippen LogP contribution is 2.31. The van der Waals surface area contributed by atoms with Gasteiger partial charge in [-0.3, -0.25) is 4.90 Å². The SMILES string of the molecule is CCc1cnc2c(c1)OCCN2C(=O)OC(C)(C)C. The van der Waals surface area contributed by atoms with Crippen LogP contribution in [-0.2, 0) is 11.2 Å². The first-order valence-electron chi connectivity index (χ1n) is 6.53. The first-order valence-corrected chi connectivity index (χ1v) is 6.53. The van der Waals surface area contributed by atoms with Crippen molar-refractivity contribution in [1.82, 2.24) is 4.98 Å². The lowest BCUT2D eigenvalue weighted by Gasteiger charge is -2.30. The van der Waals surface area contributed by atoms with Gasteiger partial charge in [0.2, 0.25) is 0 Å². The predicted molar refractivity (Wildman–Crippen MR) is 72.7 cm³/mol. The molecule has 0 radical (unpaired) electrons. The molecule has 2 heterocycles. The van der Waals surface area contributed by atoms with E-state index in [-0.39, 0.29) is 6.09 Å². The molecular weight excluding hydrogens is 244 g/mol. The molecule has 104 valence electrons. The molecule has 1 aliphatic rings. The fraction of sp³-hybridized carbons (Fsp3) is 0.571. The summed E-state index contributed by atoms with van der Waals surface area (Å²) in [6.45, 7) is 8.51. The third kappa shape index (κ3) is 3.16. The van der Waals surface area contributed by atoms with Crippen molar-refractivity contribution in [2.45, 2.75) is 39.7 Å². The summed E-state index contributed by atoms with van der Waals surface area (Å²) >= 11 is 0.